The van der Waals surface area contributed by atoms with Gasteiger partial charge in [0.25, 0.3) is 15.9 Å². The van der Waals surface area contributed by atoms with Gasteiger partial charge in [-0.05, 0) is 43.3 Å². The maximum atomic E-state index is 13.6. The lowest BCUT2D eigenvalue weighted by Gasteiger charge is -2.30. The van der Waals surface area contributed by atoms with Crippen LogP contribution in [0.2, 0.25) is 0 Å². The lowest BCUT2D eigenvalue weighted by atomic mass is 10.1. The molecule has 0 aliphatic carbocycles. The number of carbonyl (C=O) groups excluding carboxylic acids is 1. The number of hydrazone groups is 1. The average molecular weight is 518 g/mol. The Morgan fingerprint density at radius 3 is 2.65 bits per heavy atom. The van der Waals surface area contributed by atoms with Gasteiger partial charge in [0.15, 0.2) is 11.5 Å². The number of methoxy groups -OCH3 is 1. The number of imidazole rings is 1. The number of fused-ring (bicyclic) bond motifs is 2. The number of H-pyrrole nitrogens is 1. The highest BCUT2D eigenvalue weighted by molar-refractivity contribution is 7.89. The Balaban J connectivity index is 1.54. The van der Waals surface area contributed by atoms with E-state index in [1.165, 1.54) is 12.1 Å². The van der Waals surface area contributed by atoms with Gasteiger partial charge in [-0.1, -0.05) is 36.4 Å². The summed E-state index contributed by atoms with van der Waals surface area (Å²) in [6.07, 6.45) is 0. The molecule has 0 saturated carbocycles. The van der Waals surface area contributed by atoms with Gasteiger partial charge in [-0.15, -0.1) is 0 Å². The first-order valence-corrected chi connectivity index (χ1v) is 12.7. The van der Waals surface area contributed by atoms with Crippen molar-refractivity contribution >= 4 is 38.4 Å². The Morgan fingerprint density at radius 2 is 1.86 bits per heavy atom. The lowest BCUT2D eigenvalue weighted by Crippen LogP contribution is -2.41. The zero-order valence-corrected chi connectivity index (χ0v) is 20.8. The van der Waals surface area contributed by atoms with Gasteiger partial charge in [0.2, 0.25) is 0 Å². The van der Waals surface area contributed by atoms with Crippen molar-refractivity contribution in [1.29, 1.82) is 0 Å². The number of sulfonamides is 1. The Morgan fingerprint density at radius 1 is 1.11 bits per heavy atom. The number of aliphatic hydroxyl groups is 1. The molecular formula is C26H23N5O5S. The van der Waals surface area contributed by atoms with E-state index < -0.39 is 27.4 Å². The smallest absolute Gasteiger partial charge is 0.292 e. The molecule has 0 radical (unpaired) electrons. The zero-order valence-electron chi connectivity index (χ0n) is 20.0. The highest BCUT2D eigenvalue weighted by Gasteiger charge is 2.40. The van der Waals surface area contributed by atoms with Gasteiger partial charge in [-0.25, -0.2) is 23.1 Å². The number of para-hydroxylation sites is 2. The number of carbonyl (C=O) groups is 1. The highest BCUT2D eigenvalue weighted by atomic mass is 32.2. The van der Waals surface area contributed by atoms with Crippen LogP contribution in [0.25, 0.3) is 16.8 Å². The van der Waals surface area contributed by atoms with Crippen LogP contribution >= 0.6 is 0 Å². The van der Waals surface area contributed by atoms with Gasteiger partial charge in [0.05, 0.1) is 35.3 Å². The van der Waals surface area contributed by atoms with Crippen LogP contribution in [0.3, 0.4) is 0 Å². The number of aliphatic hydroxyl groups excluding tert-OH is 1. The standard InChI is InChI=1S/C26H23N5O5S/c1-16(17-8-7-9-18(14-17)36-2)29-30-26(33)24-25(32)19-10-3-6-13-22(19)37(34,35)31(24)15-23-27-20-11-4-5-12-21(20)28-23/h3-14,32H,15H2,1-2H3,(H,27,28)(H,30,33)/b29-16+. The maximum absolute atomic E-state index is 13.6. The number of aromatic nitrogens is 2. The predicted octanol–water partition coefficient (Wildman–Crippen LogP) is 3.54. The predicted molar refractivity (Wildman–Crippen MR) is 138 cm³/mol. The second-order valence-corrected chi connectivity index (χ2v) is 10.1. The number of rotatable bonds is 6. The molecule has 0 atom stereocenters. The number of benzene rings is 3. The van der Waals surface area contributed by atoms with E-state index in [1.54, 1.807) is 56.5 Å². The number of ether oxygens (including phenoxy) is 1. The maximum Gasteiger partial charge on any atom is 0.292 e. The van der Waals surface area contributed by atoms with Crippen molar-refractivity contribution in [3.63, 3.8) is 0 Å². The third-order valence-electron chi connectivity index (χ3n) is 5.94. The third-order valence-corrected chi connectivity index (χ3v) is 7.75. The van der Waals surface area contributed by atoms with Gasteiger partial charge in [-0.3, -0.25) is 4.79 Å². The van der Waals surface area contributed by atoms with Gasteiger partial charge >= 0.3 is 0 Å². The molecule has 4 aromatic rings. The molecule has 0 unspecified atom stereocenters. The largest absolute Gasteiger partial charge is 0.505 e. The summed E-state index contributed by atoms with van der Waals surface area (Å²) in [4.78, 5) is 20.7. The molecule has 37 heavy (non-hydrogen) atoms. The SMILES string of the molecule is COc1cccc(/C(C)=N/NC(=O)C2=C(O)c3ccccc3S(=O)(=O)N2Cc2nc3ccccc3[nH]2)c1. The lowest BCUT2D eigenvalue weighted by molar-refractivity contribution is -0.118. The molecule has 2 heterocycles. The first kappa shape index (κ1) is 24.1. The van der Waals surface area contributed by atoms with Crippen LogP contribution < -0.4 is 10.2 Å². The van der Waals surface area contributed by atoms with Crippen LogP contribution in [0.4, 0.5) is 0 Å². The van der Waals surface area contributed by atoms with Crippen LogP contribution in [0.5, 0.6) is 5.75 Å². The second kappa shape index (κ2) is 9.43. The van der Waals surface area contributed by atoms with E-state index in [-0.39, 0.29) is 17.0 Å². The summed E-state index contributed by atoms with van der Waals surface area (Å²) in [7, 11) is -2.67. The number of hydrogen-bond acceptors (Lipinski definition) is 7. The molecule has 3 N–H and O–H groups in total. The van der Waals surface area contributed by atoms with Crippen molar-refractivity contribution in [2.24, 2.45) is 5.10 Å². The van der Waals surface area contributed by atoms with Crippen molar-refractivity contribution in [3.05, 3.63) is 95.4 Å². The summed E-state index contributed by atoms with van der Waals surface area (Å²) in [5, 5.41) is 15.2. The molecule has 1 aliphatic heterocycles. The Kier molecular flexibility index (Phi) is 6.14. The summed E-state index contributed by atoms with van der Waals surface area (Å²) in [5.41, 5.74) is 4.46. The molecule has 11 heteroatoms. The fourth-order valence-corrected chi connectivity index (χ4v) is 5.71. The second-order valence-electron chi connectivity index (χ2n) is 8.28. The molecule has 0 spiro atoms. The monoisotopic (exact) mass is 517 g/mol. The number of amides is 1. The van der Waals surface area contributed by atoms with Crippen LogP contribution in [0.1, 0.15) is 23.9 Å². The minimum atomic E-state index is -4.22. The van der Waals surface area contributed by atoms with Crippen molar-refractivity contribution < 1.29 is 23.1 Å². The van der Waals surface area contributed by atoms with Gasteiger partial charge in [0.1, 0.15) is 11.6 Å². The molecule has 0 saturated heterocycles. The summed E-state index contributed by atoms with van der Waals surface area (Å²) in [6.45, 7) is 1.37. The fraction of sp³-hybridized carbons (Fsp3) is 0.115. The molecule has 1 aliphatic rings. The summed E-state index contributed by atoms with van der Waals surface area (Å²) in [6, 6.07) is 20.3. The van der Waals surface area contributed by atoms with Crippen molar-refractivity contribution in [2.75, 3.05) is 7.11 Å². The zero-order chi connectivity index (χ0) is 26.2. The van der Waals surface area contributed by atoms with Crippen molar-refractivity contribution in [1.82, 2.24) is 19.7 Å². The first-order valence-electron chi connectivity index (χ1n) is 11.3. The number of nitrogens with zero attached hydrogens (tertiary/aromatic N) is 3. The van der Waals surface area contributed by atoms with Gasteiger partial charge in [-0.2, -0.15) is 5.10 Å². The minimum Gasteiger partial charge on any atom is -0.505 e. The molecule has 0 fully saturated rings. The number of aromatic amines is 1. The van der Waals surface area contributed by atoms with Crippen molar-refractivity contribution in [2.45, 2.75) is 18.4 Å². The highest BCUT2D eigenvalue weighted by Crippen LogP contribution is 2.36. The van der Waals surface area contributed by atoms with E-state index in [0.29, 0.717) is 33.9 Å². The fourth-order valence-electron chi connectivity index (χ4n) is 4.07. The topological polar surface area (TPSA) is 137 Å². The van der Waals surface area contributed by atoms with E-state index in [0.717, 1.165) is 4.31 Å². The van der Waals surface area contributed by atoms with Crippen LogP contribution in [-0.2, 0) is 21.4 Å². The van der Waals surface area contributed by atoms with E-state index >= 15 is 0 Å². The van der Waals surface area contributed by atoms with Gasteiger partial charge in [0, 0.05) is 11.1 Å². The molecule has 1 amide bonds. The number of nitrogens with one attached hydrogen (secondary N) is 2. The average Bonchev–Trinajstić information content (AvgIpc) is 3.33. The Hall–Kier alpha value is -4.64. The van der Waals surface area contributed by atoms with Crippen molar-refractivity contribution in [3.8, 4) is 5.75 Å². The van der Waals surface area contributed by atoms with Crippen LogP contribution in [0.15, 0.2) is 88.5 Å². The number of hydrogen-bond donors (Lipinski definition) is 3. The van der Waals surface area contributed by atoms with E-state index in [9.17, 15) is 18.3 Å². The molecule has 10 nitrogen and oxygen atoms in total. The van der Waals surface area contributed by atoms with E-state index in [1.807, 2.05) is 18.2 Å². The van der Waals surface area contributed by atoms with Crippen LogP contribution in [-0.4, -0.2) is 46.5 Å². The molecule has 0 bridgehead atoms. The third kappa shape index (κ3) is 4.40. The molecule has 188 valence electrons. The molecule has 3 aromatic carbocycles. The molecular weight excluding hydrogens is 494 g/mol. The van der Waals surface area contributed by atoms with E-state index in [2.05, 4.69) is 20.5 Å². The normalized spacial score (nSPS) is 15.0. The summed E-state index contributed by atoms with van der Waals surface area (Å²) >= 11 is 0. The van der Waals surface area contributed by atoms with E-state index in [4.69, 9.17) is 4.74 Å². The van der Waals surface area contributed by atoms with Crippen LogP contribution in [0, 0.1) is 0 Å². The minimum absolute atomic E-state index is 0.0296. The molecule has 5 rings (SSSR count). The summed E-state index contributed by atoms with van der Waals surface area (Å²) in [5.74, 6) is -0.453. The Bertz CT molecular complexity index is 1660. The quantitative estimate of drug-likeness (QED) is 0.264. The summed E-state index contributed by atoms with van der Waals surface area (Å²) < 4.78 is 33.3. The molecule has 1 aromatic heterocycles. The Labute approximate surface area is 213 Å². The van der Waals surface area contributed by atoms with Gasteiger partial charge < -0.3 is 14.8 Å². The first-order chi connectivity index (χ1) is 17.8.